The van der Waals surface area contributed by atoms with Crippen molar-refractivity contribution in [3.05, 3.63) is 23.8 Å². The summed E-state index contributed by atoms with van der Waals surface area (Å²) in [6, 6.07) is 5.46. The second-order valence-corrected chi connectivity index (χ2v) is 5.88. The molecule has 0 spiro atoms. The third kappa shape index (κ3) is 2.59. The highest BCUT2D eigenvalue weighted by Crippen LogP contribution is 2.38. The van der Waals surface area contributed by atoms with Crippen molar-refractivity contribution in [2.24, 2.45) is 5.92 Å². The Bertz CT molecular complexity index is 494. The molecule has 4 nitrogen and oxygen atoms in total. The smallest absolute Gasteiger partial charge is 0.270 e. The number of ether oxygens (including phenoxy) is 1. The lowest BCUT2D eigenvalue weighted by Crippen LogP contribution is -2.53. The summed E-state index contributed by atoms with van der Waals surface area (Å²) in [5.41, 5.74) is 0.691. The summed E-state index contributed by atoms with van der Waals surface area (Å²) in [6.45, 7) is 8.32. The number of nitrogens with zero attached hydrogens (tertiary/aromatic N) is 1. The molecule has 1 amide bonds. The van der Waals surface area contributed by atoms with Crippen LogP contribution in [0.2, 0.25) is 0 Å². The Labute approximate surface area is 114 Å². The van der Waals surface area contributed by atoms with Crippen molar-refractivity contribution >= 4 is 11.6 Å². The Morgan fingerprint density at radius 1 is 1.37 bits per heavy atom. The van der Waals surface area contributed by atoms with Gasteiger partial charge in [0.25, 0.3) is 5.91 Å². The molecule has 1 N–H and O–H groups in total. The van der Waals surface area contributed by atoms with Gasteiger partial charge in [0.1, 0.15) is 5.75 Å². The lowest BCUT2D eigenvalue weighted by molar-refractivity contribution is -0.132. The molecule has 1 aromatic rings. The van der Waals surface area contributed by atoms with Gasteiger partial charge < -0.3 is 14.7 Å². The van der Waals surface area contributed by atoms with E-state index < -0.39 is 5.60 Å². The Morgan fingerprint density at radius 2 is 2.05 bits per heavy atom. The zero-order valence-corrected chi connectivity index (χ0v) is 11.9. The third-order valence-electron chi connectivity index (χ3n) is 3.17. The standard InChI is InChI=1S/C15H21NO3/c1-10(2)8-16-12-7-11(9-17)5-6-13(12)19-15(3,4)14(16)18/h5-7,10,17H,8-9H2,1-4H3. The molecule has 0 saturated heterocycles. The van der Waals surface area contributed by atoms with E-state index in [9.17, 15) is 9.90 Å². The monoisotopic (exact) mass is 263 g/mol. The maximum Gasteiger partial charge on any atom is 0.270 e. The molecule has 19 heavy (non-hydrogen) atoms. The fourth-order valence-corrected chi connectivity index (χ4v) is 2.26. The molecular formula is C15H21NO3. The minimum atomic E-state index is -0.845. The molecule has 1 aromatic carbocycles. The first-order valence-electron chi connectivity index (χ1n) is 6.60. The van der Waals surface area contributed by atoms with Crippen LogP contribution in [0.1, 0.15) is 33.3 Å². The van der Waals surface area contributed by atoms with Gasteiger partial charge >= 0.3 is 0 Å². The molecule has 0 aromatic heterocycles. The summed E-state index contributed by atoms with van der Waals surface area (Å²) in [4.78, 5) is 14.2. The maximum absolute atomic E-state index is 12.5. The van der Waals surface area contributed by atoms with Crippen molar-refractivity contribution in [2.45, 2.75) is 39.9 Å². The van der Waals surface area contributed by atoms with Gasteiger partial charge in [0.2, 0.25) is 0 Å². The van der Waals surface area contributed by atoms with E-state index in [2.05, 4.69) is 13.8 Å². The van der Waals surface area contributed by atoms with Crippen LogP contribution in [0.3, 0.4) is 0 Å². The molecule has 0 bridgehead atoms. The molecule has 0 unspecified atom stereocenters. The van der Waals surface area contributed by atoms with Gasteiger partial charge in [-0.05, 0) is 37.5 Å². The molecule has 104 valence electrons. The lowest BCUT2D eigenvalue weighted by atomic mass is 10.0. The van der Waals surface area contributed by atoms with E-state index in [1.165, 1.54) is 0 Å². The van der Waals surface area contributed by atoms with E-state index >= 15 is 0 Å². The van der Waals surface area contributed by atoms with Crippen LogP contribution in [-0.4, -0.2) is 23.2 Å². The minimum Gasteiger partial charge on any atom is -0.476 e. The molecule has 1 aliphatic rings. The fourth-order valence-electron chi connectivity index (χ4n) is 2.26. The Hall–Kier alpha value is -1.55. The molecule has 1 aliphatic heterocycles. The van der Waals surface area contributed by atoms with Crippen molar-refractivity contribution in [1.82, 2.24) is 0 Å². The molecule has 0 radical (unpaired) electrons. The first kappa shape index (κ1) is 13.9. The van der Waals surface area contributed by atoms with Crippen LogP contribution >= 0.6 is 0 Å². The number of aliphatic hydroxyl groups is 1. The summed E-state index contributed by atoms with van der Waals surface area (Å²) >= 11 is 0. The molecule has 1 heterocycles. The topological polar surface area (TPSA) is 49.8 Å². The summed E-state index contributed by atoms with van der Waals surface area (Å²) in [5.74, 6) is 1.02. The Balaban J connectivity index is 2.49. The highest BCUT2D eigenvalue weighted by atomic mass is 16.5. The number of rotatable bonds is 3. The molecule has 0 fully saturated rings. The van der Waals surface area contributed by atoms with Crippen LogP contribution in [0.25, 0.3) is 0 Å². The molecule has 0 aliphatic carbocycles. The van der Waals surface area contributed by atoms with E-state index in [-0.39, 0.29) is 12.5 Å². The van der Waals surface area contributed by atoms with Crippen LogP contribution in [0.5, 0.6) is 5.75 Å². The largest absolute Gasteiger partial charge is 0.476 e. The quantitative estimate of drug-likeness (QED) is 0.910. The van der Waals surface area contributed by atoms with Crippen LogP contribution in [0.15, 0.2) is 18.2 Å². The number of hydrogen-bond donors (Lipinski definition) is 1. The van der Waals surface area contributed by atoms with Crippen molar-refractivity contribution < 1.29 is 14.6 Å². The van der Waals surface area contributed by atoms with Gasteiger partial charge in [-0.3, -0.25) is 4.79 Å². The average molecular weight is 263 g/mol. The normalized spacial score (nSPS) is 17.4. The first-order valence-corrected chi connectivity index (χ1v) is 6.60. The van der Waals surface area contributed by atoms with Gasteiger partial charge in [-0.1, -0.05) is 19.9 Å². The van der Waals surface area contributed by atoms with Crippen LogP contribution in [0, 0.1) is 5.92 Å². The second kappa shape index (κ2) is 4.85. The van der Waals surface area contributed by atoms with E-state index in [0.29, 0.717) is 18.2 Å². The Kier molecular flexibility index (Phi) is 3.54. The number of benzene rings is 1. The van der Waals surface area contributed by atoms with E-state index in [1.807, 2.05) is 18.2 Å². The number of fused-ring (bicyclic) bond motifs is 1. The van der Waals surface area contributed by atoms with Gasteiger partial charge in [0.05, 0.1) is 12.3 Å². The fraction of sp³-hybridized carbons (Fsp3) is 0.533. The number of carbonyl (C=O) groups is 1. The summed E-state index contributed by atoms with van der Waals surface area (Å²) in [5, 5.41) is 9.23. The number of hydrogen-bond acceptors (Lipinski definition) is 3. The van der Waals surface area contributed by atoms with Crippen LogP contribution in [-0.2, 0) is 11.4 Å². The third-order valence-corrected chi connectivity index (χ3v) is 3.17. The van der Waals surface area contributed by atoms with E-state index in [4.69, 9.17) is 4.74 Å². The number of aliphatic hydroxyl groups excluding tert-OH is 1. The number of amides is 1. The average Bonchev–Trinajstić information content (AvgIpc) is 2.34. The molecular weight excluding hydrogens is 242 g/mol. The molecule has 2 rings (SSSR count). The predicted molar refractivity (Wildman–Crippen MR) is 74.3 cm³/mol. The predicted octanol–water partition coefficient (Wildman–Crippen LogP) is 2.34. The van der Waals surface area contributed by atoms with Crippen LogP contribution < -0.4 is 9.64 Å². The summed E-state index contributed by atoms with van der Waals surface area (Å²) < 4.78 is 5.77. The maximum atomic E-state index is 12.5. The van der Waals surface area contributed by atoms with Gasteiger partial charge in [0, 0.05) is 6.54 Å². The molecule has 0 atom stereocenters. The SMILES string of the molecule is CC(C)CN1C(=O)C(C)(C)Oc2ccc(CO)cc21. The van der Waals surface area contributed by atoms with Crippen molar-refractivity contribution in [3.8, 4) is 5.75 Å². The zero-order chi connectivity index (χ0) is 14.2. The highest BCUT2D eigenvalue weighted by molar-refractivity contribution is 6.02. The van der Waals surface area contributed by atoms with E-state index in [1.54, 1.807) is 18.7 Å². The summed E-state index contributed by atoms with van der Waals surface area (Å²) in [6.07, 6.45) is 0. The van der Waals surface area contributed by atoms with Gasteiger partial charge in [-0.2, -0.15) is 0 Å². The first-order chi connectivity index (χ1) is 8.85. The minimum absolute atomic E-state index is 0.0382. The Morgan fingerprint density at radius 3 is 2.63 bits per heavy atom. The van der Waals surface area contributed by atoms with Gasteiger partial charge in [-0.15, -0.1) is 0 Å². The number of anilines is 1. The van der Waals surface area contributed by atoms with Gasteiger partial charge in [-0.25, -0.2) is 0 Å². The molecule has 4 heteroatoms. The summed E-state index contributed by atoms with van der Waals surface area (Å²) in [7, 11) is 0. The van der Waals surface area contributed by atoms with Crippen molar-refractivity contribution in [1.29, 1.82) is 0 Å². The van der Waals surface area contributed by atoms with Crippen molar-refractivity contribution in [3.63, 3.8) is 0 Å². The zero-order valence-electron chi connectivity index (χ0n) is 11.9. The van der Waals surface area contributed by atoms with Crippen molar-refractivity contribution in [2.75, 3.05) is 11.4 Å². The highest BCUT2D eigenvalue weighted by Gasteiger charge is 2.40. The number of carbonyl (C=O) groups excluding carboxylic acids is 1. The lowest BCUT2D eigenvalue weighted by Gasteiger charge is -2.39. The van der Waals surface area contributed by atoms with Gasteiger partial charge in [0.15, 0.2) is 5.60 Å². The van der Waals surface area contributed by atoms with Crippen LogP contribution in [0.4, 0.5) is 5.69 Å². The molecule has 0 saturated carbocycles. The van der Waals surface area contributed by atoms with E-state index in [0.717, 1.165) is 11.3 Å². The second-order valence-electron chi connectivity index (χ2n) is 5.88.